The van der Waals surface area contributed by atoms with Gasteiger partial charge in [-0.1, -0.05) is 37.6 Å². The zero-order valence-corrected chi connectivity index (χ0v) is 17.8. The zero-order chi connectivity index (χ0) is 21.4. The lowest BCUT2D eigenvalue weighted by molar-refractivity contribution is 0.0953. The Hall–Kier alpha value is -2.89. The molecule has 0 radical (unpaired) electrons. The maximum Gasteiger partial charge on any atom is 0.251 e. The van der Waals surface area contributed by atoms with Crippen molar-refractivity contribution in [3.05, 3.63) is 71.0 Å². The summed E-state index contributed by atoms with van der Waals surface area (Å²) in [6.07, 6.45) is 4.13. The molecule has 1 saturated carbocycles. The molecule has 0 aromatic heterocycles. The third kappa shape index (κ3) is 5.81. The fourth-order valence-electron chi connectivity index (χ4n) is 3.45. The molecule has 3 rings (SSSR count). The van der Waals surface area contributed by atoms with Crippen molar-refractivity contribution in [2.24, 2.45) is 4.99 Å². The number of carbonyl (C=O) groups is 1. The van der Waals surface area contributed by atoms with Gasteiger partial charge in [0.15, 0.2) is 5.96 Å². The van der Waals surface area contributed by atoms with Gasteiger partial charge in [-0.2, -0.15) is 0 Å². The predicted octanol–water partition coefficient (Wildman–Crippen LogP) is 3.75. The number of nitrogens with zero attached hydrogens (tertiary/aromatic N) is 1. The Morgan fingerprint density at radius 3 is 2.50 bits per heavy atom. The normalized spacial score (nSPS) is 14.8. The molecule has 0 unspecified atom stereocenters. The summed E-state index contributed by atoms with van der Waals surface area (Å²) in [6.45, 7) is 4.12. The number of amides is 1. The number of aliphatic imine (C=N–C) groups is 1. The van der Waals surface area contributed by atoms with E-state index >= 15 is 0 Å². The SMILES string of the molecule is CCCCNC(=O)c1ccc(CNC(=NC)NCC2(c3cccc(F)c3)CC2)cc1. The van der Waals surface area contributed by atoms with Gasteiger partial charge in [0.1, 0.15) is 5.82 Å². The molecule has 2 aromatic carbocycles. The molecule has 0 aliphatic heterocycles. The molecular formula is C24H31FN4O. The van der Waals surface area contributed by atoms with Gasteiger partial charge >= 0.3 is 0 Å². The van der Waals surface area contributed by atoms with E-state index in [0.29, 0.717) is 31.2 Å². The van der Waals surface area contributed by atoms with Gasteiger partial charge in [0.25, 0.3) is 5.91 Å². The van der Waals surface area contributed by atoms with E-state index in [0.717, 1.165) is 36.8 Å². The summed E-state index contributed by atoms with van der Waals surface area (Å²) < 4.78 is 13.6. The smallest absolute Gasteiger partial charge is 0.251 e. The van der Waals surface area contributed by atoms with Gasteiger partial charge in [0.05, 0.1) is 0 Å². The van der Waals surface area contributed by atoms with Gasteiger partial charge in [-0.25, -0.2) is 4.39 Å². The molecule has 30 heavy (non-hydrogen) atoms. The van der Waals surface area contributed by atoms with Crippen molar-refractivity contribution >= 4 is 11.9 Å². The average Bonchev–Trinajstić information content (AvgIpc) is 3.55. The molecule has 1 aliphatic carbocycles. The van der Waals surface area contributed by atoms with Gasteiger partial charge < -0.3 is 16.0 Å². The minimum atomic E-state index is -0.191. The molecule has 0 spiro atoms. The first-order chi connectivity index (χ1) is 14.6. The van der Waals surface area contributed by atoms with Crippen LogP contribution in [0.2, 0.25) is 0 Å². The van der Waals surface area contributed by atoms with Crippen LogP contribution in [0, 0.1) is 5.82 Å². The van der Waals surface area contributed by atoms with E-state index in [-0.39, 0.29) is 17.1 Å². The number of benzene rings is 2. The van der Waals surface area contributed by atoms with Crippen LogP contribution in [-0.4, -0.2) is 32.0 Å². The van der Waals surface area contributed by atoms with Crippen LogP contribution in [0.15, 0.2) is 53.5 Å². The minimum absolute atomic E-state index is 0.00743. The van der Waals surface area contributed by atoms with Gasteiger partial charge in [-0.15, -0.1) is 0 Å². The zero-order valence-electron chi connectivity index (χ0n) is 17.8. The number of guanidine groups is 1. The van der Waals surface area contributed by atoms with Crippen LogP contribution in [0.3, 0.4) is 0 Å². The van der Waals surface area contributed by atoms with Crippen LogP contribution in [0.25, 0.3) is 0 Å². The lowest BCUT2D eigenvalue weighted by atomic mass is 9.96. The Labute approximate surface area is 178 Å². The highest BCUT2D eigenvalue weighted by molar-refractivity contribution is 5.94. The molecule has 1 amide bonds. The Morgan fingerprint density at radius 1 is 1.10 bits per heavy atom. The second kappa shape index (κ2) is 10.2. The third-order valence-electron chi connectivity index (χ3n) is 5.60. The number of hydrogen-bond acceptors (Lipinski definition) is 2. The monoisotopic (exact) mass is 410 g/mol. The van der Waals surface area contributed by atoms with Gasteiger partial charge in [0.2, 0.25) is 0 Å². The molecule has 0 atom stereocenters. The molecule has 160 valence electrons. The predicted molar refractivity (Wildman–Crippen MR) is 119 cm³/mol. The highest BCUT2D eigenvalue weighted by Crippen LogP contribution is 2.47. The molecule has 6 heteroatoms. The van der Waals surface area contributed by atoms with E-state index in [1.165, 1.54) is 6.07 Å². The fourth-order valence-corrected chi connectivity index (χ4v) is 3.45. The molecule has 1 aliphatic rings. The molecule has 5 nitrogen and oxygen atoms in total. The first kappa shape index (κ1) is 21.8. The van der Waals surface area contributed by atoms with Crippen molar-refractivity contribution < 1.29 is 9.18 Å². The van der Waals surface area contributed by atoms with E-state index in [1.54, 1.807) is 19.2 Å². The van der Waals surface area contributed by atoms with Gasteiger partial charge in [-0.3, -0.25) is 9.79 Å². The highest BCUT2D eigenvalue weighted by Gasteiger charge is 2.44. The number of unbranched alkanes of at least 4 members (excludes halogenated alkanes) is 1. The number of hydrogen-bond donors (Lipinski definition) is 3. The summed E-state index contributed by atoms with van der Waals surface area (Å²) in [7, 11) is 1.74. The van der Waals surface area contributed by atoms with Crippen molar-refractivity contribution in [3.63, 3.8) is 0 Å². The fraction of sp³-hybridized carbons (Fsp3) is 0.417. The van der Waals surface area contributed by atoms with Crippen LogP contribution in [0.4, 0.5) is 4.39 Å². The topological polar surface area (TPSA) is 65.5 Å². The van der Waals surface area contributed by atoms with Crippen molar-refractivity contribution in [2.75, 3.05) is 20.1 Å². The number of carbonyl (C=O) groups excluding carboxylic acids is 1. The van der Waals surface area contributed by atoms with Crippen molar-refractivity contribution in [2.45, 2.75) is 44.6 Å². The highest BCUT2D eigenvalue weighted by atomic mass is 19.1. The van der Waals surface area contributed by atoms with Crippen LogP contribution < -0.4 is 16.0 Å². The Balaban J connectivity index is 1.48. The standard InChI is InChI=1S/C24H31FN4O/c1-3-4-14-27-22(30)19-10-8-18(9-11-19)16-28-23(26-2)29-17-24(12-13-24)20-6-5-7-21(25)15-20/h5-11,15H,3-4,12-14,16-17H2,1-2H3,(H,27,30)(H2,26,28,29). The first-order valence-corrected chi connectivity index (χ1v) is 10.6. The van der Waals surface area contributed by atoms with Crippen molar-refractivity contribution in [1.29, 1.82) is 0 Å². The van der Waals surface area contributed by atoms with E-state index in [1.807, 2.05) is 30.3 Å². The number of nitrogens with one attached hydrogen (secondary N) is 3. The number of halogens is 1. The summed E-state index contributed by atoms with van der Waals surface area (Å²) in [5.41, 5.74) is 2.77. The summed E-state index contributed by atoms with van der Waals surface area (Å²) in [5, 5.41) is 9.60. The quantitative estimate of drug-likeness (QED) is 0.335. The van der Waals surface area contributed by atoms with E-state index in [2.05, 4.69) is 27.9 Å². The van der Waals surface area contributed by atoms with E-state index in [9.17, 15) is 9.18 Å². The molecule has 0 bridgehead atoms. The number of rotatable bonds is 9. The van der Waals surface area contributed by atoms with Crippen molar-refractivity contribution in [3.8, 4) is 0 Å². The Bertz CT molecular complexity index is 875. The maximum atomic E-state index is 13.6. The van der Waals surface area contributed by atoms with Gasteiger partial charge in [-0.05, 0) is 54.7 Å². The van der Waals surface area contributed by atoms with E-state index < -0.39 is 0 Å². The largest absolute Gasteiger partial charge is 0.356 e. The third-order valence-corrected chi connectivity index (χ3v) is 5.60. The molecule has 2 aromatic rings. The van der Waals surface area contributed by atoms with Gasteiger partial charge in [0, 0.05) is 37.7 Å². The van der Waals surface area contributed by atoms with Crippen LogP contribution in [-0.2, 0) is 12.0 Å². The second-order valence-corrected chi connectivity index (χ2v) is 7.88. The Kier molecular flexibility index (Phi) is 7.44. The molecule has 0 saturated heterocycles. The van der Waals surface area contributed by atoms with Crippen LogP contribution in [0.5, 0.6) is 0 Å². The summed E-state index contributed by atoms with van der Waals surface area (Å²) in [4.78, 5) is 16.4. The molecule has 0 heterocycles. The second-order valence-electron chi connectivity index (χ2n) is 7.88. The molecular weight excluding hydrogens is 379 g/mol. The first-order valence-electron chi connectivity index (χ1n) is 10.6. The maximum absolute atomic E-state index is 13.6. The lowest BCUT2D eigenvalue weighted by Crippen LogP contribution is -2.40. The Morgan fingerprint density at radius 2 is 1.87 bits per heavy atom. The van der Waals surface area contributed by atoms with E-state index in [4.69, 9.17) is 0 Å². The summed E-state index contributed by atoms with van der Waals surface area (Å²) in [5.74, 6) is 0.482. The van der Waals surface area contributed by atoms with Crippen LogP contribution >= 0.6 is 0 Å². The van der Waals surface area contributed by atoms with Crippen molar-refractivity contribution in [1.82, 2.24) is 16.0 Å². The summed E-state index contributed by atoms with van der Waals surface area (Å²) >= 11 is 0. The lowest BCUT2D eigenvalue weighted by Gasteiger charge is -2.19. The average molecular weight is 411 g/mol. The molecule has 3 N–H and O–H groups in total. The summed E-state index contributed by atoms with van der Waals surface area (Å²) in [6, 6.07) is 14.5. The molecule has 1 fully saturated rings. The van der Waals surface area contributed by atoms with Crippen LogP contribution in [0.1, 0.15) is 54.1 Å². The minimum Gasteiger partial charge on any atom is -0.356 e.